The fourth-order valence-electron chi connectivity index (χ4n) is 11.6. The molecule has 3 aliphatic rings. The van der Waals surface area contributed by atoms with Crippen LogP contribution in [0.15, 0.2) is 0 Å². The van der Waals surface area contributed by atoms with Crippen LogP contribution in [0.1, 0.15) is 182 Å². The van der Waals surface area contributed by atoms with Crippen molar-refractivity contribution in [1.29, 1.82) is 0 Å². The van der Waals surface area contributed by atoms with Gasteiger partial charge in [0.15, 0.2) is 18.9 Å². The fourth-order valence-corrected chi connectivity index (χ4v) is 13.3. The third-order valence-electron chi connectivity index (χ3n) is 18.9. The Morgan fingerprint density at radius 1 is 0.426 bits per heavy atom. The minimum atomic E-state index is -1.10. The number of ether oxygens (including phenoxy) is 12. The van der Waals surface area contributed by atoms with Crippen LogP contribution in [0, 0.1) is 58.7 Å². The lowest BCUT2D eigenvalue weighted by Crippen LogP contribution is -2.48. The predicted octanol–water partition coefficient (Wildman–Crippen LogP) is 7.79. The van der Waals surface area contributed by atoms with E-state index in [1.807, 2.05) is 6.92 Å². The van der Waals surface area contributed by atoms with E-state index in [1.165, 1.54) is 27.8 Å². The summed E-state index contributed by atoms with van der Waals surface area (Å²) in [4.78, 5) is 95.0. The highest BCUT2D eigenvalue weighted by atomic mass is 31.2. The summed E-state index contributed by atoms with van der Waals surface area (Å²) in [5.41, 5.74) is -0.671. The van der Waals surface area contributed by atoms with Gasteiger partial charge in [0.05, 0.1) is 91.0 Å². The third kappa shape index (κ3) is 38.0. The Labute approximate surface area is 605 Å². The molecule has 0 spiro atoms. The van der Waals surface area contributed by atoms with Crippen molar-refractivity contribution in [3.8, 4) is 0 Å². The van der Waals surface area contributed by atoms with Gasteiger partial charge in [-0.05, 0) is 95.3 Å². The van der Waals surface area contributed by atoms with Gasteiger partial charge in [-0.25, -0.2) is 4.67 Å². The van der Waals surface area contributed by atoms with Crippen LogP contribution < -0.4 is 26.6 Å². The van der Waals surface area contributed by atoms with Crippen molar-refractivity contribution in [1.82, 2.24) is 31.3 Å². The van der Waals surface area contributed by atoms with Crippen LogP contribution in [-0.4, -0.2) is 227 Å². The molecule has 0 saturated carbocycles. The maximum Gasteiger partial charge on any atom is 0.302 e. The van der Waals surface area contributed by atoms with E-state index >= 15 is 0 Å². The lowest BCUT2D eigenvalue weighted by molar-refractivity contribution is -0.255. The van der Waals surface area contributed by atoms with Crippen LogP contribution in [0.2, 0.25) is 0 Å². The summed E-state index contributed by atoms with van der Waals surface area (Å²) in [7, 11) is 0.410. The minimum absolute atomic E-state index is 0.133. The topological polar surface area (TPSA) is 329 Å². The highest BCUT2D eigenvalue weighted by Gasteiger charge is 2.43. The maximum absolute atomic E-state index is 12.8. The van der Waals surface area contributed by atoms with Gasteiger partial charge in [0.25, 0.3) is 8.53 Å². The van der Waals surface area contributed by atoms with Gasteiger partial charge in [-0.1, -0.05) is 76.2 Å². The number of rotatable bonds is 49. The molecule has 0 aromatic carbocycles. The van der Waals surface area contributed by atoms with Crippen LogP contribution in [0.3, 0.4) is 0 Å². The first-order valence-electron chi connectivity index (χ1n) is 36.9. The molecule has 16 atom stereocenters. The average molecular weight is 1470 g/mol. The Balaban J connectivity index is 0.00000122. The summed E-state index contributed by atoms with van der Waals surface area (Å²) in [6.45, 7) is 41.3. The molecule has 28 nitrogen and oxygen atoms in total. The Morgan fingerprint density at radius 2 is 0.733 bits per heavy atom. The standard InChI is InChI=1S/C56H99N3O18.C16H34N3O4P/c1-35-38(4)47(29-72-44(10)60)75-53(41(35)7)69-23-14-20-57-50(63)17-26-66-32-56(13,33-67-27-18-51(64)58-21-15-24-70-54-42(8)36(2)39(5)48(76-54)30-73-45(11)61)34-68-28-19-52(65)59-22-16-25-71-55-43(9)37(3)40(6)49(77-55)31-74-46(12)62;1-7-10-22-24(19(13(2)3)14(4)5)23-11-8-9-18-16(21)12-15(20)17-6/h35-43,47-49,53-55H,14-34H2,1-13H3,(H,57,63)(H,58,64)(H,59,65);13-14H,7-12H2,1-6H3,(H,17,20)(H,18,21)/t35-,36-,37-,38+,39+,40+,41?,42?,43?,47?,48?,49?,53+,54+,55+,56?;/m0./s1. The number of nitrogens with zero attached hydrogens (tertiary/aromatic N) is 1. The molecular weight excluding hydrogens is 1330 g/mol. The SMILES string of the molecule is CC(=O)OCC1O[C@@H](OCCCNC(=O)CCOCC(C)(COCCC(=O)NCCCO[C@@H]2OC(COC(C)=O)[C@H](C)[C@H](C)C2C)COCCC(=O)NCCCO[C@@H]2OC(COC(C)=O)[C@H](C)[C@H](C)C2C)C(C)[C@@H](C)[C@H]1C.CCCOP(OCCCNC(=O)CC(=O)NC)N(C(C)C)C(C)C. The number of hydrogen-bond acceptors (Lipinski definition) is 23. The van der Waals surface area contributed by atoms with Gasteiger partial charge in [0.2, 0.25) is 29.5 Å². The summed E-state index contributed by atoms with van der Waals surface area (Å²) in [5.74, 6) is -0.194. The molecule has 3 aliphatic heterocycles. The molecule has 588 valence electrons. The van der Waals surface area contributed by atoms with E-state index < -0.39 is 32.8 Å². The summed E-state index contributed by atoms with van der Waals surface area (Å²) in [5, 5.41) is 13.9. The molecular formula is C72H133N6O22P. The zero-order valence-corrected chi connectivity index (χ0v) is 65.7. The number of carbonyl (C=O) groups excluding carboxylic acids is 8. The molecule has 3 fully saturated rings. The van der Waals surface area contributed by atoms with Crippen molar-refractivity contribution >= 4 is 56.0 Å². The average Bonchev–Trinajstić information content (AvgIpc) is 0.832. The molecule has 3 heterocycles. The first-order valence-corrected chi connectivity index (χ1v) is 38.1. The predicted molar refractivity (Wildman–Crippen MR) is 381 cm³/mol. The Bertz CT molecular complexity index is 2170. The van der Waals surface area contributed by atoms with Gasteiger partial charge in [-0.15, -0.1) is 0 Å². The quantitative estimate of drug-likeness (QED) is 0.0128. The molecule has 29 heteroatoms. The molecule has 101 heavy (non-hydrogen) atoms. The van der Waals surface area contributed by atoms with Crippen molar-refractivity contribution in [3.63, 3.8) is 0 Å². The van der Waals surface area contributed by atoms with Crippen molar-refractivity contribution in [2.24, 2.45) is 58.7 Å². The van der Waals surface area contributed by atoms with Crippen LogP contribution >= 0.6 is 8.53 Å². The zero-order chi connectivity index (χ0) is 75.6. The van der Waals surface area contributed by atoms with Crippen LogP contribution in [0.5, 0.6) is 0 Å². The highest BCUT2D eigenvalue weighted by Crippen LogP contribution is 2.46. The third-order valence-corrected chi connectivity index (χ3v) is 21.1. The van der Waals surface area contributed by atoms with Gasteiger partial charge in [0, 0.05) is 109 Å². The van der Waals surface area contributed by atoms with Crippen molar-refractivity contribution in [3.05, 3.63) is 0 Å². The summed E-state index contributed by atoms with van der Waals surface area (Å²) in [6.07, 6.45) is 1.53. The molecule has 3 rings (SSSR count). The Kier molecular flexibility index (Phi) is 47.6. The number of amides is 5. The van der Waals surface area contributed by atoms with Crippen LogP contribution in [0.4, 0.5) is 0 Å². The van der Waals surface area contributed by atoms with E-state index in [0.29, 0.717) is 115 Å². The molecule has 5 amide bonds. The zero-order valence-electron chi connectivity index (χ0n) is 64.8. The molecule has 0 bridgehead atoms. The maximum atomic E-state index is 12.8. The van der Waals surface area contributed by atoms with E-state index in [4.69, 9.17) is 65.9 Å². The summed E-state index contributed by atoms with van der Waals surface area (Å²) < 4.78 is 84.4. The van der Waals surface area contributed by atoms with Gasteiger partial charge in [-0.2, -0.15) is 0 Å². The van der Waals surface area contributed by atoms with E-state index in [0.717, 1.165) is 6.42 Å². The molecule has 0 aromatic rings. The number of hydrogen-bond donors (Lipinski definition) is 5. The largest absolute Gasteiger partial charge is 0.463 e. The lowest BCUT2D eigenvalue weighted by Gasteiger charge is -2.43. The molecule has 0 radical (unpaired) electrons. The van der Waals surface area contributed by atoms with E-state index in [1.54, 1.807) is 0 Å². The van der Waals surface area contributed by atoms with Gasteiger partial charge in [-0.3, -0.25) is 38.4 Å². The molecule has 7 unspecified atom stereocenters. The second-order valence-electron chi connectivity index (χ2n) is 28.2. The summed E-state index contributed by atoms with van der Waals surface area (Å²) >= 11 is 0. The van der Waals surface area contributed by atoms with E-state index in [2.05, 4.69) is 128 Å². The highest BCUT2D eigenvalue weighted by molar-refractivity contribution is 7.44. The van der Waals surface area contributed by atoms with Crippen LogP contribution in [0.25, 0.3) is 0 Å². The van der Waals surface area contributed by atoms with Crippen molar-refractivity contribution in [2.45, 2.75) is 232 Å². The number of nitrogens with one attached hydrogen (secondary N) is 5. The molecule has 0 aliphatic carbocycles. The number of carbonyl (C=O) groups is 8. The molecule has 3 saturated heterocycles. The van der Waals surface area contributed by atoms with Gasteiger partial charge in [0.1, 0.15) is 26.2 Å². The van der Waals surface area contributed by atoms with E-state index in [9.17, 15) is 38.4 Å². The number of esters is 3. The van der Waals surface area contributed by atoms with Crippen molar-refractivity contribution < 1.29 is 104 Å². The smallest absolute Gasteiger partial charge is 0.302 e. The summed E-state index contributed by atoms with van der Waals surface area (Å²) in [6, 6.07) is 0.667. The first-order chi connectivity index (χ1) is 47.9. The van der Waals surface area contributed by atoms with Crippen LogP contribution in [-0.2, 0) is 104 Å². The first kappa shape index (κ1) is 92.8. The van der Waals surface area contributed by atoms with Gasteiger partial charge >= 0.3 is 17.9 Å². The minimum Gasteiger partial charge on any atom is -0.463 e. The lowest BCUT2D eigenvalue weighted by atomic mass is 9.79. The van der Waals surface area contributed by atoms with Crippen molar-refractivity contribution in [2.75, 3.05) is 126 Å². The fraction of sp³-hybridized carbons (Fsp3) is 0.889. The Hall–Kier alpha value is -4.29. The molecule has 5 N–H and O–H groups in total. The normalized spacial score (nSPS) is 26.0. The molecule has 0 aromatic heterocycles. The monoisotopic (exact) mass is 1460 g/mol. The second-order valence-corrected chi connectivity index (χ2v) is 29.7. The van der Waals surface area contributed by atoms with Gasteiger partial charge < -0.3 is 92.5 Å². The van der Waals surface area contributed by atoms with E-state index in [-0.39, 0.29) is 186 Å². The second kappa shape index (κ2) is 51.8. The Morgan fingerprint density at radius 3 is 1.03 bits per heavy atom.